The Labute approximate surface area is 154 Å². The van der Waals surface area contributed by atoms with Crippen molar-refractivity contribution in [1.82, 2.24) is 19.2 Å². The van der Waals surface area contributed by atoms with E-state index in [2.05, 4.69) is 5.10 Å². The van der Waals surface area contributed by atoms with Crippen LogP contribution in [0.4, 0.5) is 13.2 Å². The molecule has 3 aromatic rings. The number of alkyl halides is 3. The molecule has 2 aromatic carbocycles. The van der Waals surface area contributed by atoms with Crippen molar-refractivity contribution in [3.05, 3.63) is 76.8 Å². The Kier molecular flexibility index (Phi) is 5.24. The Hall–Kier alpha value is -2.45. The van der Waals surface area contributed by atoms with E-state index >= 15 is 0 Å². The molecule has 1 aromatic heterocycles. The van der Waals surface area contributed by atoms with Crippen LogP contribution in [0.25, 0.3) is 5.69 Å². The minimum atomic E-state index is -4.32. The average Bonchev–Trinajstić information content (AvgIpc) is 2.96. The zero-order chi connectivity index (χ0) is 18.7. The summed E-state index contributed by atoms with van der Waals surface area (Å²) in [6.45, 7) is 0.914. The molecule has 0 saturated heterocycles. The van der Waals surface area contributed by atoms with E-state index in [9.17, 15) is 13.2 Å². The number of hydrogen-bond acceptors (Lipinski definition) is 3. The first kappa shape index (κ1) is 18.3. The fourth-order valence-corrected chi connectivity index (χ4v) is 2.85. The van der Waals surface area contributed by atoms with E-state index in [1.54, 1.807) is 15.6 Å². The topological polar surface area (TPSA) is 26.0 Å². The lowest BCUT2D eigenvalue weighted by molar-refractivity contribution is -0.137. The van der Waals surface area contributed by atoms with Gasteiger partial charge in [-0.3, -0.25) is 9.47 Å². The first-order chi connectivity index (χ1) is 12.3. The van der Waals surface area contributed by atoms with Gasteiger partial charge >= 0.3 is 6.18 Å². The molecule has 0 fully saturated rings. The van der Waals surface area contributed by atoms with Crippen molar-refractivity contribution in [3.8, 4) is 5.69 Å². The molecule has 0 bridgehead atoms. The summed E-state index contributed by atoms with van der Waals surface area (Å²) in [7, 11) is 1.86. The van der Waals surface area contributed by atoms with Crippen molar-refractivity contribution in [1.29, 1.82) is 0 Å². The third-order valence-corrected chi connectivity index (χ3v) is 4.28. The van der Waals surface area contributed by atoms with E-state index < -0.39 is 11.7 Å². The highest BCUT2D eigenvalue weighted by Gasteiger charge is 2.29. The summed E-state index contributed by atoms with van der Waals surface area (Å²) >= 11 is 5.46. The zero-order valence-electron chi connectivity index (χ0n) is 14.0. The normalized spacial score (nSPS) is 11.9. The summed E-state index contributed by atoms with van der Waals surface area (Å²) < 4.78 is 41.9. The van der Waals surface area contributed by atoms with Crippen molar-refractivity contribution in [3.63, 3.8) is 0 Å². The molecule has 26 heavy (non-hydrogen) atoms. The maximum atomic E-state index is 12.6. The molecule has 136 valence electrons. The summed E-state index contributed by atoms with van der Waals surface area (Å²) in [5.74, 6) is 0. The van der Waals surface area contributed by atoms with Crippen molar-refractivity contribution in [2.24, 2.45) is 0 Å². The Morgan fingerprint density at radius 1 is 1.04 bits per heavy atom. The van der Waals surface area contributed by atoms with Crippen LogP contribution in [0.1, 0.15) is 11.1 Å². The van der Waals surface area contributed by atoms with Crippen LogP contribution < -0.4 is 0 Å². The first-order valence-corrected chi connectivity index (χ1v) is 8.30. The van der Waals surface area contributed by atoms with E-state index in [4.69, 9.17) is 12.2 Å². The predicted octanol–water partition coefficient (Wildman–Crippen LogP) is 4.51. The Bertz CT molecular complexity index is 914. The molecule has 3 rings (SSSR count). The lowest BCUT2D eigenvalue weighted by Gasteiger charge is -2.17. The van der Waals surface area contributed by atoms with Gasteiger partial charge in [0.25, 0.3) is 0 Å². The molecular formula is C18H17F3N4S. The van der Waals surface area contributed by atoms with E-state index in [1.807, 2.05) is 42.3 Å². The minimum absolute atomic E-state index is 0.430. The van der Waals surface area contributed by atoms with Crippen molar-refractivity contribution < 1.29 is 13.2 Å². The van der Waals surface area contributed by atoms with Crippen molar-refractivity contribution in [2.45, 2.75) is 19.4 Å². The number of aromatic nitrogens is 3. The summed E-state index contributed by atoms with van der Waals surface area (Å²) in [6, 6.07) is 14.8. The molecular weight excluding hydrogens is 361 g/mol. The lowest BCUT2D eigenvalue weighted by atomic mass is 10.1. The van der Waals surface area contributed by atoms with Gasteiger partial charge in [-0.15, -0.1) is 0 Å². The van der Waals surface area contributed by atoms with Crippen LogP contribution in [0.2, 0.25) is 0 Å². The smallest absolute Gasteiger partial charge is 0.283 e. The molecule has 1 heterocycles. The van der Waals surface area contributed by atoms with Crippen LogP contribution in [-0.2, 0) is 19.4 Å². The quantitative estimate of drug-likeness (QED) is 0.611. The monoisotopic (exact) mass is 378 g/mol. The van der Waals surface area contributed by atoms with Gasteiger partial charge in [-0.05, 0) is 49.1 Å². The number of benzene rings is 2. The van der Waals surface area contributed by atoms with Crippen LogP contribution in [-0.4, -0.2) is 26.3 Å². The summed E-state index contributed by atoms with van der Waals surface area (Å²) in [5.41, 5.74) is 1.07. The molecule has 0 atom stereocenters. The first-order valence-electron chi connectivity index (χ1n) is 7.89. The van der Waals surface area contributed by atoms with Crippen LogP contribution in [0, 0.1) is 4.77 Å². The van der Waals surface area contributed by atoms with Crippen molar-refractivity contribution >= 4 is 12.2 Å². The molecule has 0 N–H and O–H groups in total. The van der Waals surface area contributed by atoms with E-state index in [1.165, 1.54) is 12.1 Å². The van der Waals surface area contributed by atoms with Gasteiger partial charge in [0.2, 0.25) is 4.77 Å². The summed E-state index contributed by atoms with van der Waals surface area (Å²) in [5, 5.41) is 4.31. The molecule has 0 aliphatic rings. The Morgan fingerprint density at radius 3 is 2.31 bits per heavy atom. The Morgan fingerprint density at radius 2 is 1.69 bits per heavy atom. The number of para-hydroxylation sites is 1. The fourth-order valence-electron chi connectivity index (χ4n) is 2.59. The number of halogens is 3. The molecule has 0 amide bonds. The Balaban J connectivity index is 1.68. The van der Waals surface area contributed by atoms with E-state index in [0.717, 1.165) is 23.4 Å². The summed E-state index contributed by atoms with van der Waals surface area (Å²) in [4.78, 5) is 1.93. The fraction of sp³-hybridized carbons (Fsp3) is 0.222. The second-order valence-electron chi connectivity index (χ2n) is 5.97. The van der Waals surface area contributed by atoms with Gasteiger partial charge in [0.1, 0.15) is 6.33 Å². The second-order valence-corrected chi connectivity index (χ2v) is 6.33. The van der Waals surface area contributed by atoms with Crippen LogP contribution in [0.5, 0.6) is 0 Å². The zero-order valence-corrected chi connectivity index (χ0v) is 14.8. The van der Waals surface area contributed by atoms with E-state index in [-0.39, 0.29) is 0 Å². The van der Waals surface area contributed by atoms with Gasteiger partial charge in [0.05, 0.1) is 12.2 Å². The average molecular weight is 378 g/mol. The van der Waals surface area contributed by atoms with Gasteiger partial charge in [-0.1, -0.05) is 30.3 Å². The molecule has 0 unspecified atom stereocenters. The highest BCUT2D eigenvalue weighted by Crippen LogP contribution is 2.29. The summed E-state index contributed by atoms with van der Waals surface area (Å²) in [6.07, 6.45) is -2.66. The molecule has 8 heteroatoms. The van der Waals surface area contributed by atoms with Crippen LogP contribution >= 0.6 is 12.2 Å². The maximum absolute atomic E-state index is 12.6. The highest BCUT2D eigenvalue weighted by molar-refractivity contribution is 7.71. The molecule has 0 spiro atoms. The van der Waals surface area contributed by atoms with Gasteiger partial charge in [0.15, 0.2) is 0 Å². The highest BCUT2D eigenvalue weighted by atomic mass is 32.1. The molecule has 0 aliphatic heterocycles. The number of rotatable bonds is 5. The minimum Gasteiger partial charge on any atom is -0.283 e. The molecule has 4 nitrogen and oxygen atoms in total. The van der Waals surface area contributed by atoms with Gasteiger partial charge in [0, 0.05) is 12.2 Å². The van der Waals surface area contributed by atoms with Crippen LogP contribution in [0.3, 0.4) is 0 Å². The lowest BCUT2D eigenvalue weighted by Crippen LogP contribution is -2.22. The number of hydrogen-bond donors (Lipinski definition) is 0. The van der Waals surface area contributed by atoms with E-state index in [0.29, 0.717) is 18.0 Å². The third kappa shape index (κ3) is 4.20. The maximum Gasteiger partial charge on any atom is 0.416 e. The SMILES string of the molecule is CN(Cc1ccc(C(F)(F)F)cc1)Cn1ncn(-c2ccccc2)c1=S. The molecule has 0 radical (unpaired) electrons. The van der Waals surface area contributed by atoms with Crippen LogP contribution in [0.15, 0.2) is 60.9 Å². The van der Waals surface area contributed by atoms with Gasteiger partial charge < -0.3 is 0 Å². The van der Waals surface area contributed by atoms with Gasteiger partial charge in [-0.25, -0.2) is 4.68 Å². The largest absolute Gasteiger partial charge is 0.416 e. The van der Waals surface area contributed by atoms with Gasteiger partial charge in [-0.2, -0.15) is 18.3 Å². The third-order valence-electron chi connectivity index (χ3n) is 3.88. The molecule has 0 aliphatic carbocycles. The standard InChI is InChI=1S/C18H17F3N4S/c1-23(11-14-7-9-15(10-8-14)18(19,20)21)13-25-17(26)24(12-22-25)16-5-3-2-4-6-16/h2-10,12H,11,13H2,1H3. The number of nitrogens with zero attached hydrogens (tertiary/aromatic N) is 4. The van der Waals surface area contributed by atoms with Crippen molar-refractivity contribution in [2.75, 3.05) is 7.05 Å². The predicted molar refractivity (Wildman–Crippen MR) is 95.3 cm³/mol. The second kappa shape index (κ2) is 7.43. The molecule has 0 saturated carbocycles.